The third-order valence-corrected chi connectivity index (χ3v) is 2.42. The lowest BCUT2D eigenvalue weighted by Gasteiger charge is -2.08. The maximum atomic E-state index is 13.4. The summed E-state index contributed by atoms with van der Waals surface area (Å²) >= 11 is 3.04. The van der Waals surface area contributed by atoms with Crippen molar-refractivity contribution in [3.63, 3.8) is 0 Å². The van der Waals surface area contributed by atoms with Gasteiger partial charge in [0, 0.05) is 6.42 Å². The Morgan fingerprint density at radius 2 is 2.07 bits per heavy atom. The fourth-order valence-corrected chi connectivity index (χ4v) is 1.82. The third kappa shape index (κ3) is 2.53. The molecule has 0 aliphatic carbocycles. The van der Waals surface area contributed by atoms with Gasteiger partial charge in [0.15, 0.2) is 11.6 Å². The molecule has 0 fully saturated rings. The van der Waals surface area contributed by atoms with Crippen molar-refractivity contribution in [1.82, 2.24) is 0 Å². The highest BCUT2D eigenvalue weighted by Gasteiger charge is 2.18. The van der Waals surface area contributed by atoms with E-state index >= 15 is 0 Å². The number of benzene rings is 1. The first-order valence-corrected chi connectivity index (χ1v) is 4.96. The fourth-order valence-electron chi connectivity index (χ4n) is 1.21. The van der Waals surface area contributed by atoms with Gasteiger partial charge in [0.1, 0.15) is 5.78 Å². The maximum Gasteiger partial charge on any atom is 0.202 e. The van der Waals surface area contributed by atoms with E-state index in [-0.39, 0.29) is 23.5 Å². The first kappa shape index (κ1) is 12.1. The molecule has 0 unspecified atom stereocenters. The van der Waals surface area contributed by atoms with Gasteiger partial charge in [0.25, 0.3) is 0 Å². The number of Topliss-reactive ketones (excluding diaryl/α,β-unsaturated/α-hetero) is 1. The predicted molar refractivity (Wildman–Crippen MR) is 55.0 cm³/mol. The lowest BCUT2D eigenvalue weighted by Crippen LogP contribution is -2.03. The molecule has 2 nitrogen and oxygen atoms in total. The summed E-state index contributed by atoms with van der Waals surface area (Å²) < 4.78 is 31.7. The molecule has 1 aromatic carbocycles. The molecule has 1 rings (SSSR count). The molecular weight excluding hydrogens is 270 g/mol. The highest BCUT2D eigenvalue weighted by atomic mass is 79.9. The number of carbonyl (C=O) groups excluding carboxylic acids is 1. The van der Waals surface area contributed by atoms with E-state index in [0.29, 0.717) is 4.47 Å². The molecule has 0 saturated carbocycles. The average Bonchev–Trinajstić information content (AvgIpc) is 2.14. The van der Waals surface area contributed by atoms with Crippen molar-refractivity contribution in [2.24, 2.45) is 0 Å². The van der Waals surface area contributed by atoms with Crippen LogP contribution in [0, 0.1) is 11.6 Å². The molecule has 0 amide bonds. The van der Waals surface area contributed by atoms with E-state index in [1.165, 1.54) is 20.1 Å². The summed E-state index contributed by atoms with van der Waals surface area (Å²) in [5.74, 6) is -2.54. The van der Waals surface area contributed by atoms with Gasteiger partial charge in [-0.05, 0) is 34.5 Å². The Kier molecular flexibility index (Phi) is 3.79. The number of methoxy groups -OCH3 is 1. The topological polar surface area (TPSA) is 26.3 Å². The highest BCUT2D eigenvalue weighted by Crippen LogP contribution is 2.32. The minimum absolute atomic E-state index is 0.0210. The summed E-state index contributed by atoms with van der Waals surface area (Å²) in [7, 11) is 1.24. The number of rotatable bonds is 3. The molecule has 5 heteroatoms. The molecular formula is C10H9BrF2O2. The quantitative estimate of drug-likeness (QED) is 0.795. The Morgan fingerprint density at radius 1 is 1.47 bits per heavy atom. The van der Waals surface area contributed by atoms with Gasteiger partial charge in [-0.1, -0.05) is 0 Å². The van der Waals surface area contributed by atoms with E-state index in [2.05, 4.69) is 20.7 Å². The number of carbonyl (C=O) groups is 1. The predicted octanol–water partition coefficient (Wildman–Crippen LogP) is 2.87. The molecule has 82 valence electrons. The summed E-state index contributed by atoms with van der Waals surface area (Å²) in [6.07, 6.45) is -0.134. The molecule has 0 aromatic heterocycles. The second-order valence-electron chi connectivity index (χ2n) is 3.06. The largest absolute Gasteiger partial charge is 0.492 e. The first-order valence-electron chi connectivity index (χ1n) is 4.17. The molecule has 0 spiro atoms. The monoisotopic (exact) mass is 278 g/mol. The van der Waals surface area contributed by atoms with Crippen molar-refractivity contribution in [1.29, 1.82) is 0 Å². The second kappa shape index (κ2) is 4.70. The van der Waals surface area contributed by atoms with E-state index in [0.717, 1.165) is 0 Å². The molecule has 1 aromatic rings. The molecule has 0 saturated heterocycles. The zero-order valence-corrected chi connectivity index (χ0v) is 9.82. The highest BCUT2D eigenvalue weighted by molar-refractivity contribution is 9.10. The van der Waals surface area contributed by atoms with Gasteiger partial charge in [-0.2, -0.15) is 4.39 Å². The summed E-state index contributed by atoms with van der Waals surface area (Å²) in [5, 5.41) is 0. The second-order valence-corrected chi connectivity index (χ2v) is 3.91. The van der Waals surface area contributed by atoms with Crippen molar-refractivity contribution in [2.45, 2.75) is 13.3 Å². The Labute approximate surface area is 94.4 Å². The van der Waals surface area contributed by atoms with Crippen LogP contribution in [-0.2, 0) is 11.2 Å². The van der Waals surface area contributed by atoms with Crippen molar-refractivity contribution in [2.75, 3.05) is 7.11 Å². The van der Waals surface area contributed by atoms with Crippen LogP contribution < -0.4 is 4.74 Å². The Balaban J connectivity index is 3.27. The third-order valence-electron chi connectivity index (χ3n) is 1.84. The smallest absolute Gasteiger partial charge is 0.202 e. The SMILES string of the molecule is COc1c(Br)cc(CC(C)=O)c(F)c1F. The zero-order chi connectivity index (χ0) is 11.6. The van der Waals surface area contributed by atoms with E-state index in [1.54, 1.807) is 0 Å². The number of hydrogen-bond acceptors (Lipinski definition) is 2. The minimum Gasteiger partial charge on any atom is -0.492 e. The van der Waals surface area contributed by atoms with E-state index in [1.807, 2.05) is 0 Å². The van der Waals surface area contributed by atoms with E-state index in [9.17, 15) is 13.6 Å². The number of ether oxygens (including phenoxy) is 1. The van der Waals surface area contributed by atoms with Crippen molar-refractivity contribution in [3.05, 3.63) is 27.7 Å². The first-order chi connectivity index (χ1) is 6.97. The number of ketones is 1. The summed E-state index contributed by atoms with van der Waals surface area (Å²) in [6, 6.07) is 1.35. The van der Waals surface area contributed by atoms with Crippen LogP contribution in [0.2, 0.25) is 0 Å². The van der Waals surface area contributed by atoms with E-state index < -0.39 is 11.6 Å². The van der Waals surface area contributed by atoms with Crippen LogP contribution in [-0.4, -0.2) is 12.9 Å². The van der Waals surface area contributed by atoms with Crippen LogP contribution in [0.15, 0.2) is 10.5 Å². The van der Waals surface area contributed by atoms with Crippen LogP contribution in [0.4, 0.5) is 8.78 Å². The fraction of sp³-hybridized carbons (Fsp3) is 0.300. The van der Waals surface area contributed by atoms with Crippen LogP contribution >= 0.6 is 15.9 Å². The van der Waals surface area contributed by atoms with Gasteiger partial charge in [0.2, 0.25) is 5.82 Å². The van der Waals surface area contributed by atoms with Crippen LogP contribution in [0.3, 0.4) is 0 Å². The molecule has 0 aliphatic rings. The van der Waals surface area contributed by atoms with Gasteiger partial charge < -0.3 is 4.74 Å². The van der Waals surface area contributed by atoms with Crippen molar-refractivity contribution in [3.8, 4) is 5.75 Å². The molecule has 0 radical (unpaired) electrons. The van der Waals surface area contributed by atoms with Gasteiger partial charge >= 0.3 is 0 Å². The van der Waals surface area contributed by atoms with Crippen LogP contribution in [0.5, 0.6) is 5.75 Å². The van der Waals surface area contributed by atoms with Crippen molar-refractivity contribution >= 4 is 21.7 Å². The molecule has 0 atom stereocenters. The lowest BCUT2D eigenvalue weighted by molar-refractivity contribution is -0.116. The molecule has 0 heterocycles. The summed E-state index contributed by atoms with van der Waals surface area (Å²) in [5.41, 5.74) is 0.0210. The standard InChI is InChI=1S/C10H9BrF2O2/c1-5(14)3-6-4-7(11)10(15-2)9(13)8(6)12/h4H,3H2,1-2H3. The van der Waals surface area contributed by atoms with Gasteiger partial charge in [-0.25, -0.2) is 4.39 Å². The van der Waals surface area contributed by atoms with Crippen LogP contribution in [0.25, 0.3) is 0 Å². The maximum absolute atomic E-state index is 13.4. The minimum atomic E-state index is -1.08. The Bertz CT molecular complexity index is 405. The summed E-state index contributed by atoms with van der Waals surface area (Å²) in [4.78, 5) is 10.8. The van der Waals surface area contributed by atoms with E-state index in [4.69, 9.17) is 0 Å². The number of halogens is 3. The van der Waals surface area contributed by atoms with Gasteiger partial charge in [0.05, 0.1) is 11.6 Å². The van der Waals surface area contributed by atoms with Gasteiger partial charge in [-0.15, -0.1) is 0 Å². The van der Waals surface area contributed by atoms with Crippen molar-refractivity contribution < 1.29 is 18.3 Å². The molecule has 0 N–H and O–H groups in total. The molecule has 0 aliphatic heterocycles. The Morgan fingerprint density at radius 3 is 2.53 bits per heavy atom. The normalized spacial score (nSPS) is 10.2. The zero-order valence-electron chi connectivity index (χ0n) is 8.23. The lowest BCUT2D eigenvalue weighted by atomic mass is 10.1. The average molecular weight is 279 g/mol. The molecule has 0 bridgehead atoms. The van der Waals surface area contributed by atoms with Crippen LogP contribution in [0.1, 0.15) is 12.5 Å². The Hall–Kier alpha value is -0.970. The molecule has 15 heavy (non-hydrogen) atoms. The summed E-state index contributed by atoms with van der Waals surface area (Å²) in [6.45, 7) is 1.31. The van der Waals surface area contributed by atoms with Gasteiger partial charge in [-0.3, -0.25) is 4.79 Å². The number of hydrogen-bond donors (Lipinski definition) is 0.